The Bertz CT molecular complexity index is 709. The molecule has 1 amide bonds. The molecule has 1 aliphatic carbocycles. The third-order valence-electron chi connectivity index (χ3n) is 5.23. The van der Waals surface area contributed by atoms with Crippen LogP contribution in [0.3, 0.4) is 0 Å². The van der Waals surface area contributed by atoms with Crippen molar-refractivity contribution in [1.29, 1.82) is 0 Å². The molecular formula is C18H25BrN2O3S. The Labute approximate surface area is 158 Å². The zero-order chi connectivity index (χ0) is 17.9. The van der Waals surface area contributed by atoms with Gasteiger partial charge in [0.25, 0.3) is 0 Å². The van der Waals surface area contributed by atoms with Gasteiger partial charge in [0.2, 0.25) is 15.9 Å². The van der Waals surface area contributed by atoms with Crippen molar-refractivity contribution in [1.82, 2.24) is 9.21 Å². The fraction of sp³-hybridized carbons (Fsp3) is 0.611. The van der Waals surface area contributed by atoms with Crippen molar-refractivity contribution < 1.29 is 13.2 Å². The van der Waals surface area contributed by atoms with Gasteiger partial charge >= 0.3 is 0 Å². The van der Waals surface area contributed by atoms with Gasteiger partial charge in [0, 0.05) is 37.1 Å². The molecule has 1 aliphatic heterocycles. The Morgan fingerprint density at radius 3 is 2.32 bits per heavy atom. The maximum Gasteiger partial charge on any atom is 0.244 e. The largest absolute Gasteiger partial charge is 0.340 e. The Hall–Kier alpha value is -0.920. The summed E-state index contributed by atoms with van der Waals surface area (Å²) in [4.78, 5) is 14.6. The molecule has 1 saturated heterocycles. The molecule has 0 bridgehead atoms. The third kappa shape index (κ3) is 4.44. The lowest BCUT2D eigenvalue weighted by Crippen LogP contribution is -2.50. The molecule has 0 unspecified atom stereocenters. The van der Waals surface area contributed by atoms with E-state index < -0.39 is 10.0 Å². The van der Waals surface area contributed by atoms with E-state index in [4.69, 9.17) is 0 Å². The van der Waals surface area contributed by atoms with Crippen molar-refractivity contribution in [3.8, 4) is 0 Å². The molecule has 7 heteroatoms. The standard InChI is InChI=1S/C18H25BrN2O3S/c19-16-8-4-5-9-17(16)25(23,24)21-12-10-20(11-13-21)18(22)14-15-6-2-1-3-7-15/h4-5,8-9,15H,1-3,6-7,10-14H2. The van der Waals surface area contributed by atoms with Crippen LogP contribution >= 0.6 is 15.9 Å². The number of rotatable bonds is 4. The summed E-state index contributed by atoms with van der Waals surface area (Å²) in [5.74, 6) is 0.702. The minimum absolute atomic E-state index is 0.185. The number of carbonyl (C=O) groups excluding carboxylic acids is 1. The van der Waals surface area contributed by atoms with Crippen LogP contribution in [0.25, 0.3) is 0 Å². The Morgan fingerprint density at radius 2 is 1.68 bits per heavy atom. The molecule has 2 fully saturated rings. The first kappa shape index (κ1) is 18.9. The van der Waals surface area contributed by atoms with Gasteiger partial charge < -0.3 is 4.90 Å². The van der Waals surface area contributed by atoms with Gasteiger partial charge in [-0.2, -0.15) is 4.31 Å². The van der Waals surface area contributed by atoms with Crippen molar-refractivity contribution >= 4 is 31.9 Å². The monoisotopic (exact) mass is 428 g/mol. The predicted octanol–water partition coefficient (Wildman–Crippen LogP) is 3.25. The number of hydrogen-bond donors (Lipinski definition) is 0. The average molecular weight is 429 g/mol. The van der Waals surface area contributed by atoms with Crippen LogP contribution in [0.5, 0.6) is 0 Å². The summed E-state index contributed by atoms with van der Waals surface area (Å²) < 4.78 is 27.6. The SMILES string of the molecule is O=C(CC1CCCCC1)N1CCN(S(=O)(=O)c2ccccc2Br)CC1. The minimum atomic E-state index is -3.52. The fourth-order valence-electron chi connectivity index (χ4n) is 3.74. The number of hydrogen-bond acceptors (Lipinski definition) is 3. The Morgan fingerprint density at radius 1 is 1.04 bits per heavy atom. The van der Waals surface area contributed by atoms with Gasteiger partial charge in [0.1, 0.15) is 0 Å². The lowest BCUT2D eigenvalue weighted by atomic mass is 9.86. The number of benzene rings is 1. The molecule has 0 radical (unpaired) electrons. The first-order valence-corrected chi connectivity index (χ1v) is 11.2. The lowest BCUT2D eigenvalue weighted by molar-refractivity contribution is -0.133. The molecule has 3 rings (SSSR count). The maximum absolute atomic E-state index is 12.8. The van der Waals surface area contributed by atoms with Gasteiger partial charge in [-0.05, 0) is 46.8 Å². The molecule has 5 nitrogen and oxygen atoms in total. The highest BCUT2D eigenvalue weighted by Crippen LogP contribution is 2.28. The van der Waals surface area contributed by atoms with E-state index in [1.54, 1.807) is 24.3 Å². The van der Waals surface area contributed by atoms with Crippen LogP contribution in [0.1, 0.15) is 38.5 Å². The van der Waals surface area contributed by atoms with Crippen molar-refractivity contribution in [2.24, 2.45) is 5.92 Å². The number of amides is 1. The number of halogens is 1. The molecule has 0 spiro atoms. The maximum atomic E-state index is 12.8. The Balaban J connectivity index is 1.58. The zero-order valence-electron chi connectivity index (χ0n) is 14.4. The molecule has 25 heavy (non-hydrogen) atoms. The highest BCUT2D eigenvalue weighted by atomic mass is 79.9. The summed E-state index contributed by atoms with van der Waals surface area (Å²) >= 11 is 3.32. The molecule has 1 heterocycles. The number of piperazine rings is 1. The van der Waals surface area contributed by atoms with Crippen LogP contribution in [0.2, 0.25) is 0 Å². The summed E-state index contributed by atoms with van der Waals surface area (Å²) in [6.45, 7) is 1.69. The van der Waals surface area contributed by atoms with Crippen LogP contribution in [0.4, 0.5) is 0 Å². The second-order valence-corrected chi connectivity index (χ2v) is 9.68. The molecule has 138 valence electrons. The second kappa shape index (κ2) is 8.18. The molecule has 0 atom stereocenters. The fourth-order valence-corrected chi connectivity index (χ4v) is 6.12. The van der Waals surface area contributed by atoms with E-state index >= 15 is 0 Å². The smallest absolute Gasteiger partial charge is 0.244 e. The predicted molar refractivity (Wildman–Crippen MR) is 101 cm³/mol. The highest BCUT2D eigenvalue weighted by Gasteiger charge is 2.31. The van der Waals surface area contributed by atoms with E-state index in [9.17, 15) is 13.2 Å². The summed E-state index contributed by atoms with van der Waals surface area (Å²) in [5, 5.41) is 0. The van der Waals surface area contributed by atoms with Gasteiger partial charge in [0.15, 0.2) is 0 Å². The summed E-state index contributed by atoms with van der Waals surface area (Å²) in [7, 11) is -3.52. The van der Waals surface area contributed by atoms with Crippen molar-refractivity contribution in [3.63, 3.8) is 0 Å². The third-order valence-corrected chi connectivity index (χ3v) is 8.14. The molecule has 0 N–H and O–H groups in total. The summed E-state index contributed by atoms with van der Waals surface area (Å²) in [5.41, 5.74) is 0. The minimum Gasteiger partial charge on any atom is -0.340 e. The highest BCUT2D eigenvalue weighted by molar-refractivity contribution is 9.10. The van der Waals surface area contributed by atoms with E-state index in [2.05, 4.69) is 15.9 Å². The average Bonchev–Trinajstić information content (AvgIpc) is 2.63. The van der Waals surface area contributed by atoms with Crippen LogP contribution in [-0.4, -0.2) is 49.7 Å². The van der Waals surface area contributed by atoms with Crippen molar-refractivity contribution in [2.45, 2.75) is 43.4 Å². The molecule has 1 aromatic rings. The van der Waals surface area contributed by atoms with Crippen LogP contribution in [0, 0.1) is 5.92 Å². The van der Waals surface area contributed by atoms with Gasteiger partial charge in [-0.15, -0.1) is 0 Å². The molecular weight excluding hydrogens is 404 g/mol. The molecule has 0 aromatic heterocycles. The van der Waals surface area contributed by atoms with Crippen LogP contribution in [0.15, 0.2) is 33.6 Å². The van der Waals surface area contributed by atoms with Crippen LogP contribution < -0.4 is 0 Å². The van der Waals surface area contributed by atoms with Crippen molar-refractivity contribution in [3.05, 3.63) is 28.7 Å². The van der Waals surface area contributed by atoms with E-state index in [1.165, 1.54) is 23.6 Å². The van der Waals surface area contributed by atoms with E-state index in [1.807, 2.05) is 4.90 Å². The topological polar surface area (TPSA) is 57.7 Å². The van der Waals surface area contributed by atoms with Crippen molar-refractivity contribution in [2.75, 3.05) is 26.2 Å². The quantitative estimate of drug-likeness (QED) is 0.739. The van der Waals surface area contributed by atoms with Gasteiger partial charge in [-0.25, -0.2) is 8.42 Å². The normalized spacial score (nSPS) is 20.6. The molecule has 1 aromatic carbocycles. The number of sulfonamides is 1. The van der Waals surface area contributed by atoms with Crippen LogP contribution in [-0.2, 0) is 14.8 Å². The first-order chi connectivity index (χ1) is 12.0. The van der Waals surface area contributed by atoms with E-state index in [-0.39, 0.29) is 10.8 Å². The molecule has 1 saturated carbocycles. The molecule has 2 aliphatic rings. The number of nitrogens with zero attached hydrogens (tertiary/aromatic N) is 2. The second-order valence-electron chi connectivity index (χ2n) is 6.92. The van der Waals surface area contributed by atoms with E-state index in [0.29, 0.717) is 43.0 Å². The van der Waals surface area contributed by atoms with Gasteiger partial charge in [-0.1, -0.05) is 31.4 Å². The first-order valence-electron chi connectivity index (χ1n) is 9.01. The zero-order valence-corrected chi connectivity index (χ0v) is 16.8. The summed E-state index contributed by atoms with van der Waals surface area (Å²) in [6.07, 6.45) is 6.68. The van der Waals surface area contributed by atoms with Gasteiger partial charge in [-0.3, -0.25) is 4.79 Å². The van der Waals surface area contributed by atoms with Gasteiger partial charge in [0.05, 0.1) is 4.90 Å². The summed E-state index contributed by atoms with van der Waals surface area (Å²) in [6, 6.07) is 6.86. The van der Waals surface area contributed by atoms with E-state index in [0.717, 1.165) is 12.8 Å². The number of carbonyl (C=O) groups is 1. The lowest BCUT2D eigenvalue weighted by Gasteiger charge is -2.35. The Kier molecular flexibility index (Phi) is 6.17.